The summed E-state index contributed by atoms with van der Waals surface area (Å²) in [6.45, 7) is 5.99. The van der Waals surface area contributed by atoms with Crippen LogP contribution in [0.2, 0.25) is 0 Å². The molecule has 0 unspecified atom stereocenters. The van der Waals surface area contributed by atoms with Crippen molar-refractivity contribution in [2.24, 2.45) is 0 Å². The third-order valence-corrected chi connectivity index (χ3v) is 4.02. The van der Waals surface area contributed by atoms with Gasteiger partial charge in [0.05, 0.1) is 13.2 Å². The number of aromatic nitrogens is 2. The van der Waals surface area contributed by atoms with Crippen molar-refractivity contribution in [2.75, 3.05) is 50.0 Å². The van der Waals surface area contributed by atoms with Crippen LogP contribution >= 0.6 is 0 Å². The highest BCUT2D eigenvalue weighted by Crippen LogP contribution is 2.21. The molecule has 0 amide bonds. The highest BCUT2D eigenvalue weighted by atomic mass is 16.5. The highest BCUT2D eigenvalue weighted by molar-refractivity contribution is 5.41. The van der Waals surface area contributed by atoms with E-state index in [4.69, 9.17) is 10.5 Å². The molecule has 19 heavy (non-hydrogen) atoms. The molecule has 3 heterocycles. The maximum atomic E-state index is 5.57. The predicted octanol–water partition coefficient (Wildman–Crippen LogP) is 0.360. The first-order valence-corrected chi connectivity index (χ1v) is 6.99. The summed E-state index contributed by atoms with van der Waals surface area (Å²) in [7, 11) is 0. The number of anilines is 2. The fourth-order valence-electron chi connectivity index (χ4n) is 2.91. The van der Waals surface area contributed by atoms with Crippen LogP contribution in [0.3, 0.4) is 0 Å². The lowest BCUT2D eigenvalue weighted by Crippen LogP contribution is -2.49. The van der Waals surface area contributed by atoms with E-state index in [1.165, 1.54) is 12.8 Å². The molecule has 0 bridgehead atoms. The number of hydrogen-bond acceptors (Lipinski definition) is 6. The molecule has 6 nitrogen and oxygen atoms in total. The standard InChI is InChI=1S/C13H21N5O/c14-12-1-2-13(16-15-12)18-5-3-11(4-6-18)17-7-9-19-10-8-17/h1-2,11H,3-10H2,(H2,14,15). The van der Waals surface area contributed by atoms with Gasteiger partial charge in [-0.15, -0.1) is 10.2 Å². The molecule has 0 aliphatic carbocycles. The zero-order valence-electron chi connectivity index (χ0n) is 11.2. The molecule has 2 saturated heterocycles. The van der Waals surface area contributed by atoms with Crippen molar-refractivity contribution in [3.63, 3.8) is 0 Å². The Morgan fingerprint density at radius 2 is 1.79 bits per heavy atom. The molecule has 2 N–H and O–H groups in total. The fourth-order valence-corrected chi connectivity index (χ4v) is 2.91. The number of rotatable bonds is 2. The molecule has 3 rings (SSSR count). The van der Waals surface area contributed by atoms with Gasteiger partial charge in [-0.1, -0.05) is 0 Å². The Morgan fingerprint density at radius 3 is 2.42 bits per heavy atom. The smallest absolute Gasteiger partial charge is 0.151 e. The fraction of sp³-hybridized carbons (Fsp3) is 0.692. The van der Waals surface area contributed by atoms with Crippen molar-refractivity contribution < 1.29 is 4.74 Å². The van der Waals surface area contributed by atoms with Crippen LogP contribution in [0.1, 0.15) is 12.8 Å². The Hall–Kier alpha value is -1.40. The summed E-state index contributed by atoms with van der Waals surface area (Å²) in [5.41, 5.74) is 5.57. The van der Waals surface area contributed by atoms with Crippen LogP contribution < -0.4 is 10.6 Å². The summed E-state index contributed by atoms with van der Waals surface area (Å²) < 4.78 is 5.41. The normalized spacial score (nSPS) is 22.6. The van der Waals surface area contributed by atoms with Gasteiger partial charge in [0.1, 0.15) is 5.82 Å². The van der Waals surface area contributed by atoms with Gasteiger partial charge in [-0.25, -0.2) is 0 Å². The monoisotopic (exact) mass is 263 g/mol. The van der Waals surface area contributed by atoms with Crippen LogP contribution in [-0.4, -0.2) is 60.5 Å². The van der Waals surface area contributed by atoms with Crippen LogP contribution in [0.5, 0.6) is 0 Å². The number of hydrogen-bond donors (Lipinski definition) is 1. The van der Waals surface area contributed by atoms with Gasteiger partial charge in [0, 0.05) is 32.2 Å². The number of nitrogens with two attached hydrogens (primary N) is 1. The van der Waals surface area contributed by atoms with Crippen LogP contribution in [0.25, 0.3) is 0 Å². The number of nitrogens with zero attached hydrogens (tertiary/aromatic N) is 4. The summed E-state index contributed by atoms with van der Waals surface area (Å²) >= 11 is 0. The van der Waals surface area contributed by atoms with E-state index in [0.717, 1.165) is 45.2 Å². The van der Waals surface area contributed by atoms with Gasteiger partial charge in [0.25, 0.3) is 0 Å². The number of morpholine rings is 1. The van der Waals surface area contributed by atoms with Gasteiger partial charge >= 0.3 is 0 Å². The second kappa shape index (κ2) is 5.71. The summed E-state index contributed by atoms with van der Waals surface area (Å²) in [5.74, 6) is 1.42. The molecule has 2 aliphatic rings. The van der Waals surface area contributed by atoms with Crippen molar-refractivity contribution in [2.45, 2.75) is 18.9 Å². The van der Waals surface area contributed by atoms with Crippen molar-refractivity contribution in [3.8, 4) is 0 Å². The van der Waals surface area contributed by atoms with Crippen molar-refractivity contribution >= 4 is 11.6 Å². The molecular formula is C13H21N5O. The largest absolute Gasteiger partial charge is 0.382 e. The molecule has 1 aromatic heterocycles. The minimum Gasteiger partial charge on any atom is -0.382 e. The lowest BCUT2D eigenvalue weighted by molar-refractivity contribution is 0.0114. The van der Waals surface area contributed by atoms with E-state index in [9.17, 15) is 0 Å². The topological polar surface area (TPSA) is 67.5 Å². The second-order valence-electron chi connectivity index (χ2n) is 5.18. The van der Waals surface area contributed by atoms with Crippen molar-refractivity contribution in [3.05, 3.63) is 12.1 Å². The summed E-state index contributed by atoms with van der Waals surface area (Å²) in [6, 6.07) is 4.47. The van der Waals surface area contributed by atoms with E-state index in [0.29, 0.717) is 11.9 Å². The van der Waals surface area contributed by atoms with Crippen molar-refractivity contribution in [1.82, 2.24) is 15.1 Å². The average Bonchev–Trinajstić information content (AvgIpc) is 2.49. The van der Waals surface area contributed by atoms with E-state index >= 15 is 0 Å². The molecule has 1 aromatic rings. The van der Waals surface area contributed by atoms with Crippen LogP contribution in [-0.2, 0) is 4.74 Å². The minimum absolute atomic E-state index is 0.479. The summed E-state index contributed by atoms with van der Waals surface area (Å²) in [6.07, 6.45) is 2.37. The van der Waals surface area contributed by atoms with Gasteiger partial charge < -0.3 is 15.4 Å². The maximum Gasteiger partial charge on any atom is 0.151 e. The molecule has 2 aliphatic heterocycles. The Kier molecular flexibility index (Phi) is 3.79. The number of ether oxygens (including phenoxy) is 1. The first-order chi connectivity index (χ1) is 9.33. The molecule has 2 fully saturated rings. The van der Waals surface area contributed by atoms with Gasteiger partial charge in [0.2, 0.25) is 0 Å². The first kappa shape index (κ1) is 12.6. The predicted molar refractivity (Wildman–Crippen MR) is 74.1 cm³/mol. The Morgan fingerprint density at radius 1 is 1.05 bits per heavy atom. The average molecular weight is 263 g/mol. The summed E-state index contributed by atoms with van der Waals surface area (Å²) in [5, 5.41) is 8.08. The number of piperidine rings is 1. The van der Waals surface area contributed by atoms with E-state index < -0.39 is 0 Å². The number of nitrogen functional groups attached to an aromatic ring is 1. The quantitative estimate of drug-likeness (QED) is 0.831. The Balaban J connectivity index is 1.55. The lowest BCUT2D eigenvalue weighted by Gasteiger charge is -2.40. The molecule has 0 spiro atoms. The van der Waals surface area contributed by atoms with Gasteiger partial charge in [-0.2, -0.15) is 0 Å². The van der Waals surface area contributed by atoms with Crippen molar-refractivity contribution in [1.29, 1.82) is 0 Å². The van der Waals surface area contributed by atoms with Crippen LogP contribution in [0, 0.1) is 0 Å². The van der Waals surface area contributed by atoms with Gasteiger partial charge in [-0.05, 0) is 25.0 Å². The molecule has 0 aromatic carbocycles. The molecule has 0 atom stereocenters. The Labute approximate surface area is 113 Å². The first-order valence-electron chi connectivity index (χ1n) is 6.99. The zero-order chi connectivity index (χ0) is 13.1. The molecule has 0 radical (unpaired) electrons. The third kappa shape index (κ3) is 2.96. The van der Waals surface area contributed by atoms with E-state index in [2.05, 4.69) is 20.0 Å². The Bertz CT molecular complexity index is 396. The molecule has 0 saturated carbocycles. The van der Waals surface area contributed by atoms with E-state index in [1.54, 1.807) is 0 Å². The highest BCUT2D eigenvalue weighted by Gasteiger charge is 2.26. The summed E-state index contributed by atoms with van der Waals surface area (Å²) in [4.78, 5) is 4.86. The van der Waals surface area contributed by atoms with E-state index in [-0.39, 0.29) is 0 Å². The molecule has 104 valence electrons. The van der Waals surface area contributed by atoms with E-state index in [1.807, 2.05) is 12.1 Å². The zero-order valence-corrected chi connectivity index (χ0v) is 11.2. The third-order valence-electron chi connectivity index (χ3n) is 4.02. The lowest BCUT2D eigenvalue weighted by atomic mass is 10.0. The maximum absolute atomic E-state index is 5.57. The SMILES string of the molecule is Nc1ccc(N2CCC(N3CCOCC3)CC2)nn1. The van der Waals surface area contributed by atoms with Gasteiger partial charge in [-0.3, -0.25) is 4.90 Å². The molecule has 6 heteroatoms. The second-order valence-corrected chi connectivity index (χ2v) is 5.18. The minimum atomic E-state index is 0.479. The van der Waals surface area contributed by atoms with Gasteiger partial charge in [0.15, 0.2) is 5.82 Å². The van der Waals surface area contributed by atoms with Crippen LogP contribution in [0.4, 0.5) is 11.6 Å². The van der Waals surface area contributed by atoms with Crippen LogP contribution in [0.15, 0.2) is 12.1 Å². The molecular weight excluding hydrogens is 242 g/mol.